The Morgan fingerprint density at radius 2 is 2.00 bits per heavy atom. The maximum atomic E-state index is 5.38. The van der Waals surface area contributed by atoms with Crippen LogP contribution in [0.25, 0.3) is 0 Å². The van der Waals surface area contributed by atoms with Crippen LogP contribution in [0.3, 0.4) is 0 Å². The molecule has 8 heteroatoms. The summed E-state index contributed by atoms with van der Waals surface area (Å²) < 4.78 is 5.38. The maximum absolute atomic E-state index is 5.38. The summed E-state index contributed by atoms with van der Waals surface area (Å²) in [7, 11) is 0. The molecule has 0 bridgehead atoms. The molecule has 5 nitrogen and oxygen atoms in total. The van der Waals surface area contributed by atoms with E-state index in [-0.39, 0.29) is 24.0 Å². The number of thiazole rings is 1. The molecule has 27 heavy (non-hydrogen) atoms. The van der Waals surface area contributed by atoms with Crippen LogP contribution in [-0.2, 0) is 25.8 Å². The number of hydrogen-bond acceptors (Lipinski definition) is 5. The minimum atomic E-state index is 0. The normalized spacial score (nSPS) is 11.2. The SMILES string of the molecule is CCc1cnc(CCNC(=NCc2cccs2)NCCc2ccco2)s1.I. The summed E-state index contributed by atoms with van der Waals surface area (Å²) in [4.78, 5) is 11.8. The molecule has 3 heterocycles. The molecule has 0 saturated carbocycles. The number of guanidine groups is 1. The third-order valence-corrected chi connectivity index (χ3v) is 5.86. The van der Waals surface area contributed by atoms with Crippen molar-refractivity contribution in [2.24, 2.45) is 4.99 Å². The molecule has 0 unspecified atom stereocenters. The van der Waals surface area contributed by atoms with Gasteiger partial charge < -0.3 is 15.1 Å². The predicted octanol–water partition coefficient (Wildman–Crippen LogP) is 4.50. The molecule has 0 spiro atoms. The second-order valence-electron chi connectivity index (χ2n) is 5.75. The highest BCUT2D eigenvalue weighted by molar-refractivity contribution is 14.0. The second kappa shape index (κ2) is 12.1. The highest BCUT2D eigenvalue weighted by Gasteiger charge is 2.04. The first-order valence-electron chi connectivity index (χ1n) is 8.84. The zero-order valence-corrected chi connectivity index (χ0v) is 19.3. The summed E-state index contributed by atoms with van der Waals surface area (Å²) in [6.07, 6.45) is 6.47. The predicted molar refractivity (Wildman–Crippen MR) is 124 cm³/mol. The molecule has 3 aromatic heterocycles. The van der Waals surface area contributed by atoms with Crippen molar-refractivity contribution < 1.29 is 4.42 Å². The van der Waals surface area contributed by atoms with Gasteiger partial charge in [-0.15, -0.1) is 46.7 Å². The van der Waals surface area contributed by atoms with Crippen LogP contribution in [0.4, 0.5) is 0 Å². The largest absolute Gasteiger partial charge is 0.469 e. The fourth-order valence-electron chi connectivity index (χ4n) is 2.41. The lowest BCUT2D eigenvalue weighted by Gasteiger charge is -2.11. The first-order valence-corrected chi connectivity index (χ1v) is 10.5. The minimum absolute atomic E-state index is 0. The zero-order valence-electron chi connectivity index (χ0n) is 15.3. The lowest BCUT2D eigenvalue weighted by Crippen LogP contribution is -2.39. The number of thiophene rings is 1. The van der Waals surface area contributed by atoms with Crippen molar-refractivity contribution >= 4 is 52.6 Å². The van der Waals surface area contributed by atoms with E-state index >= 15 is 0 Å². The van der Waals surface area contributed by atoms with E-state index in [1.807, 2.05) is 18.3 Å². The van der Waals surface area contributed by atoms with E-state index in [1.165, 1.54) is 14.8 Å². The molecule has 0 radical (unpaired) electrons. The lowest BCUT2D eigenvalue weighted by molar-refractivity contribution is 0.506. The van der Waals surface area contributed by atoms with Gasteiger partial charge >= 0.3 is 0 Å². The van der Waals surface area contributed by atoms with Crippen LogP contribution in [0.15, 0.2) is 51.5 Å². The van der Waals surface area contributed by atoms with Crippen LogP contribution >= 0.6 is 46.7 Å². The third-order valence-electron chi connectivity index (χ3n) is 3.80. The highest BCUT2D eigenvalue weighted by Crippen LogP contribution is 2.13. The van der Waals surface area contributed by atoms with Gasteiger partial charge in [-0.2, -0.15) is 0 Å². The van der Waals surface area contributed by atoms with Gasteiger partial charge in [0.05, 0.1) is 17.8 Å². The number of hydrogen-bond donors (Lipinski definition) is 2. The Labute approximate surface area is 185 Å². The van der Waals surface area contributed by atoms with Crippen LogP contribution in [-0.4, -0.2) is 24.0 Å². The van der Waals surface area contributed by atoms with Crippen molar-refractivity contribution in [2.45, 2.75) is 32.7 Å². The van der Waals surface area contributed by atoms with Crippen molar-refractivity contribution in [3.63, 3.8) is 0 Å². The average molecular weight is 516 g/mol. The molecule has 3 aromatic rings. The molecule has 3 rings (SSSR count). The van der Waals surface area contributed by atoms with E-state index in [9.17, 15) is 0 Å². The molecule has 0 aliphatic carbocycles. The molecule has 0 aliphatic heterocycles. The molecule has 2 N–H and O–H groups in total. The van der Waals surface area contributed by atoms with Gasteiger partial charge in [-0.05, 0) is 30.0 Å². The van der Waals surface area contributed by atoms with E-state index in [2.05, 4.69) is 40.1 Å². The van der Waals surface area contributed by atoms with Crippen molar-refractivity contribution in [3.05, 3.63) is 62.6 Å². The molecule has 0 amide bonds. The maximum Gasteiger partial charge on any atom is 0.191 e. The molecule has 0 fully saturated rings. The average Bonchev–Trinajstić information content (AvgIpc) is 3.41. The van der Waals surface area contributed by atoms with E-state index < -0.39 is 0 Å². The Morgan fingerprint density at radius 1 is 1.15 bits per heavy atom. The lowest BCUT2D eigenvalue weighted by atomic mass is 10.3. The fourth-order valence-corrected chi connectivity index (χ4v) is 3.90. The van der Waals surface area contributed by atoms with Crippen LogP contribution < -0.4 is 10.6 Å². The summed E-state index contributed by atoms with van der Waals surface area (Å²) in [5.41, 5.74) is 0. The number of aliphatic imine (C=N–C) groups is 1. The quantitative estimate of drug-likeness (QED) is 0.250. The van der Waals surface area contributed by atoms with Gasteiger partial charge in [-0.3, -0.25) is 0 Å². The van der Waals surface area contributed by atoms with Crippen molar-refractivity contribution in [3.8, 4) is 0 Å². The van der Waals surface area contributed by atoms with Gasteiger partial charge in [0.1, 0.15) is 5.76 Å². The van der Waals surface area contributed by atoms with E-state index in [4.69, 9.17) is 9.41 Å². The van der Waals surface area contributed by atoms with Gasteiger partial charge in [0.2, 0.25) is 0 Å². The topological polar surface area (TPSA) is 62.5 Å². The van der Waals surface area contributed by atoms with Crippen LogP contribution in [0.5, 0.6) is 0 Å². The molecule has 0 atom stereocenters. The van der Waals surface area contributed by atoms with Crippen LogP contribution in [0.1, 0.15) is 27.4 Å². The zero-order chi connectivity index (χ0) is 18.0. The van der Waals surface area contributed by atoms with Gasteiger partial charge in [0.25, 0.3) is 0 Å². The number of furan rings is 1. The molecule has 146 valence electrons. The Hall–Kier alpha value is -1.39. The Morgan fingerprint density at radius 3 is 2.67 bits per heavy atom. The number of halogens is 1. The Kier molecular flexibility index (Phi) is 9.85. The summed E-state index contributed by atoms with van der Waals surface area (Å²) in [6, 6.07) is 8.07. The molecule has 0 aliphatic rings. The number of nitrogens with zero attached hydrogens (tertiary/aromatic N) is 2. The van der Waals surface area contributed by atoms with Crippen LogP contribution in [0.2, 0.25) is 0 Å². The molecule has 0 aromatic carbocycles. The van der Waals surface area contributed by atoms with Crippen molar-refractivity contribution in [1.82, 2.24) is 15.6 Å². The number of nitrogens with one attached hydrogen (secondary N) is 2. The van der Waals surface area contributed by atoms with Gasteiger partial charge in [-0.25, -0.2) is 9.98 Å². The van der Waals surface area contributed by atoms with Gasteiger partial charge in [0, 0.05) is 41.9 Å². The molecule has 0 saturated heterocycles. The molecular formula is C19H25IN4OS2. The molecular weight excluding hydrogens is 491 g/mol. The fraction of sp³-hybridized carbons (Fsp3) is 0.368. The summed E-state index contributed by atoms with van der Waals surface area (Å²) >= 11 is 3.52. The van der Waals surface area contributed by atoms with Crippen molar-refractivity contribution in [1.29, 1.82) is 0 Å². The number of aromatic nitrogens is 1. The van der Waals surface area contributed by atoms with Crippen LogP contribution in [0, 0.1) is 0 Å². The highest BCUT2D eigenvalue weighted by atomic mass is 127. The Bertz CT molecular complexity index is 785. The Balaban J connectivity index is 0.00000261. The van der Waals surface area contributed by atoms with E-state index in [0.29, 0.717) is 6.54 Å². The van der Waals surface area contributed by atoms with Gasteiger partial charge in [-0.1, -0.05) is 13.0 Å². The summed E-state index contributed by atoms with van der Waals surface area (Å²) in [5.74, 6) is 1.81. The first kappa shape index (κ1) is 21.9. The number of aryl methyl sites for hydroxylation is 1. The second-order valence-corrected chi connectivity index (χ2v) is 7.98. The van der Waals surface area contributed by atoms with E-state index in [0.717, 1.165) is 44.1 Å². The summed E-state index contributed by atoms with van der Waals surface area (Å²) in [6.45, 7) is 4.44. The monoisotopic (exact) mass is 516 g/mol. The minimum Gasteiger partial charge on any atom is -0.469 e. The summed E-state index contributed by atoms with van der Waals surface area (Å²) in [5, 5.41) is 10.1. The third kappa shape index (κ3) is 7.63. The standard InChI is InChI=1S/C19H24N4OS2.HI/c1-2-16-13-22-18(26-16)8-10-21-19(23-14-17-6-4-12-25-17)20-9-7-15-5-3-11-24-15;/h3-6,11-13H,2,7-10,14H2,1H3,(H2,20,21,23);1H. The number of rotatable bonds is 9. The van der Waals surface area contributed by atoms with Gasteiger partial charge in [0.15, 0.2) is 5.96 Å². The van der Waals surface area contributed by atoms with Crippen molar-refractivity contribution in [2.75, 3.05) is 13.1 Å². The first-order chi connectivity index (χ1) is 12.8. The van der Waals surface area contributed by atoms with E-state index in [1.54, 1.807) is 28.9 Å². The smallest absolute Gasteiger partial charge is 0.191 e.